The van der Waals surface area contributed by atoms with Gasteiger partial charge in [0, 0.05) is 12.6 Å². The van der Waals surface area contributed by atoms with Crippen LogP contribution >= 0.6 is 0 Å². The quantitative estimate of drug-likeness (QED) is 0.845. The molecule has 0 saturated heterocycles. The normalized spacial score (nSPS) is 20.2. The van der Waals surface area contributed by atoms with Crippen LogP contribution in [0, 0.1) is 12.3 Å². The molecule has 0 bridgehead atoms. The number of hydrogen-bond acceptors (Lipinski definition) is 3. The fraction of sp³-hybridized carbons (Fsp3) is 0.667. The Hall–Kier alpha value is -1.06. The van der Waals surface area contributed by atoms with Gasteiger partial charge in [0.15, 0.2) is 0 Å². The second kappa shape index (κ2) is 7.28. The van der Waals surface area contributed by atoms with Crippen LogP contribution in [0.4, 0.5) is 0 Å². The predicted octanol–water partition coefficient (Wildman–Crippen LogP) is 3.29. The maximum absolute atomic E-state index is 10.0. The summed E-state index contributed by atoms with van der Waals surface area (Å²) in [6.45, 7) is 7.68. The zero-order chi connectivity index (χ0) is 15.3. The minimum atomic E-state index is -0.457. The number of hydrogen-bond donors (Lipinski definition) is 2. The smallest absolute Gasteiger partial charge is 0.119 e. The summed E-state index contributed by atoms with van der Waals surface area (Å²) >= 11 is 0. The molecule has 118 valence electrons. The van der Waals surface area contributed by atoms with Gasteiger partial charge in [-0.15, -0.1) is 0 Å². The average molecular weight is 291 g/mol. The molecular formula is C18H29NO2. The van der Waals surface area contributed by atoms with Crippen molar-refractivity contribution in [3.63, 3.8) is 0 Å². The van der Waals surface area contributed by atoms with Gasteiger partial charge < -0.3 is 15.2 Å². The van der Waals surface area contributed by atoms with Crippen LogP contribution in [0.25, 0.3) is 0 Å². The predicted molar refractivity (Wildman–Crippen MR) is 86.7 cm³/mol. The lowest BCUT2D eigenvalue weighted by atomic mass is 9.75. The Labute approximate surface area is 128 Å². The van der Waals surface area contributed by atoms with Gasteiger partial charge in [-0.3, -0.25) is 0 Å². The second-order valence-electron chi connectivity index (χ2n) is 7.12. The van der Waals surface area contributed by atoms with Crippen molar-refractivity contribution in [1.29, 1.82) is 0 Å². The van der Waals surface area contributed by atoms with Crippen LogP contribution in [0.3, 0.4) is 0 Å². The van der Waals surface area contributed by atoms with Crippen molar-refractivity contribution < 1.29 is 9.84 Å². The zero-order valence-electron chi connectivity index (χ0n) is 13.6. The third-order valence-electron chi connectivity index (χ3n) is 4.44. The minimum Gasteiger partial charge on any atom is -0.491 e. The first-order valence-corrected chi connectivity index (χ1v) is 8.05. The van der Waals surface area contributed by atoms with Crippen LogP contribution in [-0.4, -0.2) is 30.4 Å². The Bertz CT molecular complexity index is 417. The van der Waals surface area contributed by atoms with E-state index in [0.717, 1.165) is 5.75 Å². The summed E-state index contributed by atoms with van der Waals surface area (Å²) in [5.41, 5.74) is 1.70. The van der Waals surface area contributed by atoms with Crippen LogP contribution in [0.15, 0.2) is 24.3 Å². The highest BCUT2D eigenvalue weighted by Gasteiger charge is 2.26. The zero-order valence-corrected chi connectivity index (χ0v) is 13.6. The number of aryl methyl sites for hydroxylation is 1. The van der Waals surface area contributed by atoms with E-state index < -0.39 is 6.10 Å². The van der Waals surface area contributed by atoms with Crippen LogP contribution in [-0.2, 0) is 0 Å². The first-order chi connectivity index (χ1) is 9.94. The van der Waals surface area contributed by atoms with Gasteiger partial charge in [0.25, 0.3) is 0 Å². The van der Waals surface area contributed by atoms with Crippen molar-refractivity contribution in [2.45, 2.75) is 58.6 Å². The molecule has 1 aromatic rings. The van der Waals surface area contributed by atoms with Gasteiger partial charge in [-0.25, -0.2) is 0 Å². The lowest BCUT2D eigenvalue weighted by Gasteiger charge is -2.35. The van der Waals surface area contributed by atoms with Crippen LogP contribution in [0.5, 0.6) is 5.75 Å². The summed E-state index contributed by atoms with van der Waals surface area (Å²) in [4.78, 5) is 0. The molecule has 1 saturated carbocycles. The van der Waals surface area contributed by atoms with Crippen molar-refractivity contribution in [3.05, 3.63) is 29.8 Å². The van der Waals surface area contributed by atoms with Crippen LogP contribution < -0.4 is 10.1 Å². The summed E-state index contributed by atoms with van der Waals surface area (Å²) < 4.78 is 5.61. The number of aliphatic hydroxyl groups excluding tert-OH is 1. The molecule has 1 aromatic carbocycles. The fourth-order valence-electron chi connectivity index (χ4n) is 2.79. The Morgan fingerprint density at radius 2 is 1.86 bits per heavy atom. The molecule has 1 aliphatic rings. The van der Waals surface area contributed by atoms with E-state index in [4.69, 9.17) is 4.74 Å². The summed E-state index contributed by atoms with van der Waals surface area (Å²) in [5.74, 6) is 0.819. The molecule has 1 fully saturated rings. The topological polar surface area (TPSA) is 41.5 Å². The summed E-state index contributed by atoms with van der Waals surface area (Å²) in [5, 5.41) is 13.5. The molecular weight excluding hydrogens is 262 g/mol. The molecule has 2 rings (SSSR count). The number of nitrogens with one attached hydrogen (secondary N) is 1. The third kappa shape index (κ3) is 5.68. The Kier molecular flexibility index (Phi) is 5.65. The van der Waals surface area contributed by atoms with Gasteiger partial charge in [-0.05, 0) is 50.2 Å². The maximum atomic E-state index is 10.0. The fourth-order valence-corrected chi connectivity index (χ4v) is 2.79. The number of aliphatic hydroxyl groups is 1. The Morgan fingerprint density at radius 1 is 1.24 bits per heavy atom. The third-order valence-corrected chi connectivity index (χ3v) is 4.44. The molecule has 1 aliphatic carbocycles. The van der Waals surface area contributed by atoms with Crippen molar-refractivity contribution in [2.24, 2.45) is 5.41 Å². The van der Waals surface area contributed by atoms with Gasteiger partial charge in [-0.1, -0.05) is 31.5 Å². The molecule has 0 radical (unpaired) electrons. The molecule has 0 heterocycles. The van der Waals surface area contributed by atoms with E-state index in [-0.39, 0.29) is 0 Å². The van der Waals surface area contributed by atoms with E-state index in [2.05, 4.69) is 19.2 Å². The highest BCUT2D eigenvalue weighted by atomic mass is 16.5. The molecule has 3 heteroatoms. The number of rotatable bonds is 6. The maximum Gasteiger partial charge on any atom is 0.119 e. The Balaban J connectivity index is 1.63. The molecule has 21 heavy (non-hydrogen) atoms. The van der Waals surface area contributed by atoms with Gasteiger partial charge in [0.05, 0.1) is 0 Å². The van der Waals surface area contributed by atoms with Gasteiger partial charge in [0.1, 0.15) is 18.5 Å². The van der Waals surface area contributed by atoms with Crippen molar-refractivity contribution in [3.8, 4) is 5.75 Å². The molecule has 0 spiro atoms. The van der Waals surface area contributed by atoms with E-state index in [0.29, 0.717) is 24.6 Å². The standard InChI is InChI=1S/C18H29NO2/c1-14-4-6-17(7-5-14)21-13-16(20)12-19-15-8-10-18(2,3)11-9-15/h4-7,15-16,19-20H,8-13H2,1-3H3. The molecule has 3 nitrogen and oxygen atoms in total. The molecule has 2 N–H and O–H groups in total. The summed E-state index contributed by atoms with van der Waals surface area (Å²) in [7, 11) is 0. The summed E-state index contributed by atoms with van der Waals surface area (Å²) in [6, 6.07) is 8.47. The monoisotopic (exact) mass is 291 g/mol. The highest BCUT2D eigenvalue weighted by molar-refractivity contribution is 5.26. The van der Waals surface area contributed by atoms with Crippen molar-refractivity contribution >= 4 is 0 Å². The van der Waals surface area contributed by atoms with Crippen molar-refractivity contribution in [2.75, 3.05) is 13.2 Å². The lowest BCUT2D eigenvalue weighted by Crippen LogP contribution is -2.41. The van der Waals surface area contributed by atoms with E-state index in [1.54, 1.807) is 0 Å². The summed E-state index contributed by atoms with van der Waals surface area (Å²) in [6.07, 6.45) is 4.49. The van der Waals surface area contributed by atoms with E-state index in [9.17, 15) is 5.11 Å². The molecule has 1 atom stereocenters. The first-order valence-electron chi connectivity index (χ1n) is 8.05. The van der Waals surface area contributed by atoms with E-state index in [1.165, 1.54) is 31.2 Å². The molecule has 0 aromatic heterocycles. The minimum absolute atomic E-state index is 0.342. The second-order valence-corrected chi connectivity index (χ2v) is 7.12. The van der Waals surface area contributed by atoms with E-state index in [1.807, 2.05) is 31.2 Å². The molecule has 0 amide bonds. The molecule has 0 aliphatic heterocycles. The number of benzene rings is 1. The molecule has 1 unspecified atom stereocenters. The van der Waals surface area contributed by atoms with Gasteiger partial charge in [-0.2, -0.15) is 0 Å². The van der Waals surface area contributed by atoms with E-state index >= 15 is 0 Å². The largest absolute Gasteiger partial charge is 0.491 e. The lowest BCUT2D eigenvalue weighted by molar-refractivity contribution is 0.0982. The SMILES string of the molecule is Cc1ccc(OCC(O)CNC2CCC(C)(C)CC2)cc1. The van der Waals surface area contributed by atoms with Gasteiger partial charge >= 0.3 is 0 Å². The average Bonchev–Trinajstić information content (AvgIpc) is 2.45. The van der Waals surface area contributed by atoms with Gasteiger partial charge in [0.2, 0.25) is 0 Å². The Morgan fingerprint density at radius 3 is 2.48 bits per heavy atom. The van der Waals surface area contributed by atoms with Crippen molar-refractivity contribution in [1.82, 2.24) is 5.32 Å². The number of ether oxygens (including phenoxy) is 1. The highest BCUT2D eigenvalue weighted by Crippen LogP contribution is 2.34. The first kappa shape index (κ1) is 16.3. The van der Waals surface area contributed by atoms with Crippen LogP contribution in [0.2, 0.25) is 0 Å². The van der Waals surface area contributed by atoms with Crippen LogP contribution in [0.1, 0.15) is 45.1 Å².